The van der Waals surface area contributed by atoms with Crippen molar-refractivity contribution in [1.82, 2.24) is 4.90 Å². The number of methoxy groups -OCH3 is 1. The average Bonchev–Trinajstić information content (AvgIpc) is 3.33. The zero-order valence-electron chi connectivity index (χ0n) is 15.5. The van der Waals surface area contributed by atoms with Crippen molar-refractivity contribution in [3.05, 3.63) is 78.0 Å². The van der Waals surface area contributed by atoms with E-state index in [9.17, 15) is 14.7 Å². The van der Waals surface area contributed by atoms with Crippen molar-refractivity contribution >= 4 is 11.7 Å². The lowest BCUT2D eigenvalue weighted by atomic mass is 9.95. The van der Waals surface area contributed by atoms with Crippen molar-refractivity contribution in [3.8, 4) is 5.75 Å². The molecule has 1 aromatic carbocycles. The molecule has 7 nitrogen and oxygen atoms in total. The maximum atomic E-state index is 13.0. The number of furan rings is 1. The van der Waals surface area contributed by atoms with Gasteiger partial charge in [-0.25, -0.2) is 0 Å². The minimum atomic E-state index is -0.785. The summed E-state index contributed by atoms with van der Waals surface area (Å²) < 4.78 is 15.8. The number of nitrogens with zero attached hydrogens (tertiary/aromatic N) is 1. The standard InChI is InChI=1S/C21H21NO6/c1-3-10-27-15-7-4-6-14(13-15)18-17(19(23)16-8-5-11-28-16)20(24)21(25)22(18)9-12-26-2/h3-8,11,13,18,24H,1,9-10,12H2,2H3. The zero-order valence-corrected chi connectivity index (χ0v) is 15.5. The first-order valence-electron chi connectivity index (χ1n) is 8.73. The van der Waals surface area contributed by atoms with Gasteiger partial charge in [0, 0.05) is 13.7 Å². The van der Waals surface area contributed by atoms with Crippen LogP contribution in [0.3, 0.4) is 0 Å². The highest BCUT2D eigenvalue weighted by molar-refractivity contribution is 6.15. The summed E-state index contributed by atoms with van der Waals surface area (Å²) in [5.74, 6) is -1.15. The van der Waals surface area contributed by atoms with Crippen LogP contribution >= 0.6 is 0 Å². The molecule has 1 unspecified atom stereocenters. The Kier molecular flexibility index (Phi) is 5.96. The van der Waals surface area contributed by atoms with Gasteiger partial charge in [0.2, 0.25) is 5.78 Å². The van der Waals surface area contributed by atoms with Crippen molar-refractivity contribution in [2.45, 2.75) is 6.04 Å². The summed E-state index contributed by atoms with van der Waals surface area (Å²) in [6, 6.07) is 9.31. The van der Waals surface area contributed by atoms with Crippen molar-refractivity contribution in [1.29, 1.82) is 0 Å². The second-order valence-electron chi connectivity index (χ2n) is 6.13. The fourth-order valence-electron chi connectivity index (χ4n) is 3.12. The van der Waals surface area contributed by atoms with Crippen LogP contribution in [0.5, 0.6) is 5.75 Å². The molecule has 2 aromatic rings. The maximum absolute atomic E-state index is 13.0. The molecular weight excluding hydrogens is 362 g/mol. The summed E-state index contributed by atoms with van der Waals surface area (Å²) in [4.78, 5) is 27.0. The van der Waals surface area contributed by atoms with Crippen LogP contribution in [-0.2, 0) is 9.53 Å². The first kappa shape index (κ1) is 19.4. The maximum Gasteiger partial charge on any atom is 0.290 e. The molecule has 1 atom stereocenters. The van der Waals surface area contributed by atoms with Crippen molar-refractivity contribution in [2.75, 3.05) is 26.9 Å². The number of ether oxygens (including phenoxy) is 2. The van der Waals surface area contributed by atoms with E-state index in [1.165, 1.54) is 24.3 Å². The lowest BCUT2D eigenvalue weighted by molar-refractivity contribution is -0.130. The van der Waals surface area contributed by atoms with Crippen LogP contribution in [0.25, 0.3) is 0 Å². The van der Waals surface area contributed by atoms with Gasteiger partial charge in [0.05, 0.1) is 24.5 Å². The quantitative estimate of drug-likeness (QED) is 0.529. The second-order valence-corrected chi connectivity index (χ2v) is 6.13. The van der Waals surface area contributed by atoms with E-state index in [0.717, 1.165) is 0 Å². The zero-order chi connectivity index (χ0) is 20.1. The molecule has 1 aliphatic rings. The van der Waals surface area contributed by atoms with Gasteiger partial charge in [-0.15, -0.1) is 0 Å². The van der Waals surface area contributed by atoms with Gasteiger partial charge in [-0.2, -0.15) is 0 Å². The van der Waals surface area contributed by atoms with Gasteiger partial charge in [0.1, 0.15) is 12.4 Å². The molecule has 0 saturated carbocycles. The summed E-state index contributed by atoms with van der Waals surface area (Å²) >= 11 is 0. The molecule has 0 bridgehead atoms. The first-order chi connectivity index (χ1) is 13.6. The van der Waals surface area contributed by atoms with E-state index in [4.69, 9.17) is 13.9 Å². The summed E-state index contributed by atoms with van der Waals surface area (Å²) in [5, 5.41) is 10.5. The molecule has 0 fully saturated rings. The molecule has 0 aliphatic carbocycles. The Bertz CT molecular complexity index is 899. The normalized spacial score (nSPS) is 16.5. The van der Waals surface area contributed by atoms with Crippen LogP contribution in [0, 0.1) is 0 Å². The number of amides is 1. The molecule has 0 spiro atoms. The Morgan fingerprint density at radius 3 is 2.86 bits per heavy atom. The van der Waals surface area contributed by atoms with Crippen LogP contribution in [0.2, 0.25) is 0 Å². The van der Waals surface area contributed by atoms with Gasteiger partial charge in [-0.05, 0) is 29.8 Å². The number of aliphatic hydroxyl groups excluding tert-OH is 1. The number of hydrogen-bond donors (Lipinski definition) is 1. The van der Waals surface area contributed by atoms with E-state index >= 15 is 0 Å². The lowest BCUT2D eigenvalue weighted by Gasteiger charge is -2.26. The van der Waals surface area contributed by atoms with Gasteiger partial charge in [-0.3, -0.25) is 9.59 Å². The molecule has 2 heterocycles. The third-order valence-corrected chi connectivity index (χ3v) is 4.37. The van der Waals surface area contributed by atoms with Crippen molar-refractivity contribution < 1.29 is 28.6 Å². The molecule has 3 rings (SSSR count). The Morgan fingerprint density at radius 1 is 1.36 bits per heavy atom. The number of hydrogen-bond acceptors (Lipinski definition) is 6. The van der Waals surface area contributed by atoms with Gasteiger partial charge in [-0.1, -0.05) is 24.8 Å². The third-order valence-electron chi connectivity index (χ3n) is 4.37. The highest BCUT2D eigenvalue weighted by Gasteiger charge is 2.44. The summed E-state index contributed by atoms with van der Waals surface area (Å²) in [6.07, 6.45) is 2.98. The Hall–Kier alpha value is -3.32. The predicted octanol–water partition coefficient (Wildman–Crippen LogP) is 3.07. The first-order valence-corrected chi connectivity index (χ1v) is 8.73. The number of rotatable bonds is 9. The Morgan fingerprint density at radius 2 is 2.18 bits per heavy atom. The minimum absolute atomic E-state index is 0.0306. The topological polar surface area (TPSA) is 89.2 Å². The Balaban J connectivity index is 2.04. The lowest BCUT2D eigenvalue weighted by Crippen LogP contribution is -2.34. The average molecular weight is 383 g/mol. The van der Waals surface area contributed by atoms with Crippen LogP contribution in [0.15, 0.2) is 71.1 Å². The SMILES string of the molecule is C=CCOc1cccc(C2C(C(=O)c3ccco3)=C(O)C(=O)N2CCOC)c1. The minimum Gasteiger partial charge on any atom is -0.503 e. The second kappa shape index (κ2) is 8.58. The van der Waals surface area contributed by atoms with Gasteiger partial charge < -0.3 is 23.9 Å². The number of Topliss-reactive ketones (excluding diaryl/α,β-unsaturated/α-hetero) is 1. The number of benzene rings is 1. The highest BCUT2D eigenvalue weighted by Crippen LogP contribution is 2.39. The van der Waals surface area contributed by atoms with Crippen LogP contribution in [0.4, 0.5) is 0 Å². The molecule has 1 aliphatic heterocycles. The van der Waals surface area contributed by atoms with E-state index < -0.39 is 23.5 Å². The monoisotopic (exact) mass is 383 g/mol. The molecule has 1 amide bonds. The number of carbonyl (C=O) groups is 2. The number of aliphatic hydroxyl groups is 1. The number of carbonyl (C=O) groups excluding carboxylic acids is 2. The smallest absolute Gasteiger partial charge is 0.290 e. The molecular formula is C21H21NO6. The van der Waals surface area contributed by atoms with Crippen molar-refractivity contribution in [3.63, 3.8) is 0 Å². The molecule has 0 saturated heterocycles. The molecule has 0 radical (unpaired) electrons. The molecule has 1 N–H and O–H groups in total. The van der Waals surface area contributed by atoms with Gasteiger partial charge in [0.15, 0.2) is 11.5 Å². The van der Waals surface area contributed by atoms with Crippen LogP contribution in [-0.4, -0.2) is 48.6 Å². The summed E-state index contributed by atoms with van der Waals surface area (Å²) in [5.41, 5.74) is 0.599. The van der Waals surface area contributed by atoms with E-state index in [2.05, 4.69) is 6.58 Å². The fourth-order valence-corrected chi connectivity index (χ4v) is 3.12. The summed E-state index contributed by atoms with van der Waals surface area (Å²) in [7, 11) is 1.52. The van der Waals surface area contributed by atoms with E-state index in [-0.39, 0.29) is 24.5 Å². The molecule has 28 heavy (non-hydrogen) atoms. The van der Waals surface area contributed by atoms with Crippen LogP contribution in [0.1, 0.15) is 22.2 Å². The summed E-state index contributed by atoms with van der Waals surface area (Å²) in [6.45, 7) is 4.40. The number of ketones is 1. The van der Waals surface area contributed by atoms with Gasteiger partial charge in [0.25, 0.3) is 5.91 Å². The highest BCUT2D eigenvalue weighted by atomic mass is 16.5. The van der Waals surface area contributed by atoms with E-state index in [1.807, 2.05) is 0 Å². The van der Waals surface area contributed by atoms with E-state index in [0.29, 0.717) is 17.9 Å². The third kappa shape index (κ3) is 3.70. The van der Waals surface area contributed by atoms with Crippen LogP contribution < -0.4 is 4.74 Å². The fraction of sp³-hybridized carbons (Fsp3) is 0.238. The van der Waals surface area contributed by atoms with Crippen molar-refractivity contribution in [2.24, 2.45) is 0 Å². The van der Waals surface area contributed by atoms with Gasteiger partial charge >= 0.3 is 0 Å². The van der Waals surface area contributed by atoms with E-state index in [1.54, 1.807) is 36.4 Å². The molecule has 7 heteroatoms. The molecule has 146 valence electrons. The molecule has 1 aromatic heterocycles. The largest absolute Gasteiger partial charge is 0.503 e. The predicted molar refractivity (Wildman–Crippen MR) is 101 cm³/mol. The Labute approximate surface area is 162 Å².